The number of H-pyrrole nitrogens is 1. The molecule has 29 heavy (non-hydrogen) atoms. The highest BCUT2D eigenvalue weighted by Crippen LogP contribution is 2.19. The Hall–Kier alpha value is -3.61. The Morgan fingerprint density at radius 2 is 1.90 bits per heavy atom. The molecule has 1 aromatic heterocycles. The van der Waals surface area contributed by atoms with Gasteiger partial charge in [0.15, 0.2) is 6.61 Å². The molecule has 1 heterocycles. The predicted octanol–water partition coefficient (Wildman–Crippen LogP) is 3.34. The molecule has 0 radical (unpaired) electrons. The lowest BCUT2D eigenvalue weighted by Crippen LogP contribution is -2.21. The molecule has 0 aliphatic heterocycles. The summed E-state index contributed by atoms with van der Waals surface area (Å²) < 4.78 is 10.5. The van der Waals surface area contributed by atoms with Gasteiger partial charge in [-0.05, 0) is 56.2 Å². The van der Waals surface area contributed by atoms with Crippen LogP contribution in [0.5, 0.6) is 5.75 Å². The molecule has 0 unspecified atom stereocenters. The third-order valence-corrected chi connectivity index (χ3v) is 4.36. The summed E-state index contributed by atoms with van der Waals surface area (Å²) in [6, 6.07) is 10.6. The van der Waals surface area contributed by atoms with Crippen molar-refractivity contribution in [2.75, 3.05) is 18.5 Å². The first-order chi connectivity index (χ1) is 13.9. The number of hydrogen-bond donors (Lipinski definition) is 2. The molecule has 3 aromatic rings. The second kappa shape index (κ2) is 8.60. The number of carbonyl (C=O) groups is 2. The van der Waals surface area contributed by atoms with Gasteiger partial charge in [-0.1, -0.05) is 12.1 Å². The highest BCUT2D eigenvalue weighted by Gasteiger charge is 2.14. The Morgan fingerprint density at radius 3 is 2.66 bits per heavy atom. The van der Waals surface area contributed by atoms with Crippen molar-refractivity contribution in [3.05, 3.63) is 69.5 Å². The first kappa shape index (κ1) is 20.1. The van der Waals surface area contributed by atoms with Crippen molar-refractivity contribution in [3.63, 3.8) is 0 Å². The standard InChI is InChI=1S/C22H22N2O5/c1-4-28-22(27)17-11-23-18-8-7-15(10-16(18)21(17)26)24-20(25)12-29-19-9-13(2)5-6-14(19)3/h5-11H,4,12H2,1-3H3,(H,23,26)(H,24,25). The predicted molar refractivity (Wildman–Crippen MR) is 111 cm³/mol. The lowest BCUT2D eigenvalue weighted by molar-refractivity contribution is -0.118. The van der Waals surface area contributed by atoms with Crippen molar-refractivity contribution in [1.29, 1.82) is 0 Å². The first-order valence-electron chi connectivity index (χ1n) is 9.21. The number of aryl methyl sites for hydroxylation is 2. The number of pyridine rings is 1. The average Bonchev–Trinajstić information content (AvgIpc) is 2.69. The minimum absolute atomic E-state index is 0.0823. The maximum absolute atomic E-state index is 12.6. The molecular formula is C22H22N2O5. The van der Waals surface area contributed by atoms with Crippen molar-refractivity contribution in [2.24, 2.45) is 0 Å². The monoisotopic (exact) mass is 394 g/mol. The fourth-order valence-corrected chi connectivity index (χ4v) is 2.86. The number of esters is 1. The van der Waals surface area contributed by atoms with Crippen LogP contribution in [-0.4, -0.2) is 30.1 Å². The van der Waals surface area contributed by atoms with E-state index in [1.807, 2.05) is 32.0 Å². The van der Waals surface area contributed by atoms with E-state index in [1.165, 1.54) is 12.3 Å². The Balaban J connectivity index is 1.76. The second-order valence-electron chi connectivity index (χ2n) is 6.62. The number of aromatic amines is 1. The zero-order valence-corrected chi connectivity index (χ0v) is 16.5. The van der Waals surface area contributed by atoms with E-state index in [-0.39, 0.29) is 30.1 Å². The number of carbonyl (C=O) groups excluding carboxylic acids is 2. The molecule has 0 spiro atoms. The van der Waals surface area contributed by atoms with E-state index in [4.69, 9.17) is 9.47 Å². The molecule has 0 saturated heterocycles. The van der Waals surface area contributed by atoms with Crippen LogP contribution in [0.4, 0.5) is 5.69 Å². The van der Waals surface area contributed by atoms with Gasteiger partial charge in [0.25, 0.3) is 5.91 Å². The molecule has 0 bridgehead atoms. The topological polar surface area (TPSA) is 97.5 Å². The maximum Gasteiger partial charge on any atom is 0.343 e. The van der Waals surface area contributed by atoms with Crippen molar-refractivity contribution < 1.29 is 19.1 Å². The van der Waals surface area contributed by atoms with Gasteiger partial charge in [0.05, 0.1) is 6.61 Å². The average molecular weight is 394 g/mol. The number of amides is 1. The van der Waals surface area contributed by atoms with E-state index in [0.29, 0.717) is 17.0 Å². The van der Waals surface area contributed by atoms with Crippen molar-refractivity contribution >= 4 is 28.5 Å². The maximum atomic E-state index is 12.6. The van der Waals surface area contributed by atoms with Gasteiger partial charge in [-0.15, -0.1) is 0 Å². The number of rotatable bonds is 6. The number of anilines is 1. The van der Waals surface area contributed by atoms with Crippen molar-refractivity contribution in [3.8, 4) is 5.75 Å². The van der Waals surface area contributed by atoms with Gasteiger partial charge in [0.2, 0.25) is 5.43 Å². The molecule has 1 amide bonds. The number of benzene rings is 2. The second-order valence-corrected chi connectivity index (χ2v) is 6.62. The van der Waals surface area contributed by atoms with E-state index < -0.39 is 11.4 Å². The minimum Gasteiger partial charge on any atom is -0.483 e. The molecule has 2 N–H and O–H groups in total. The Morgan fingerprint density at radius 1 is 1.10 bits per heavy atom. The minimum atomic E-state index is -0.688. The molecule has 0 fully saturated rings. The van der Waals surface area contributed by atoms with Gasteiger partial charge in [-0.3, -0.25) is 9.59 Å². The summed E-state index contributed by atoms with van der Waals surface area (Å²) in [7, 11) is 0. The third kappa shape index (κ3) is 4.63. The van der Waals surface area contributed by atoms with E-state index in [1.54, 1.807) is 19.1 Å². The summed E-state index contributed by atoms with van der Waals surface area (Å²) in [6.07, 6.45) is 1.33. The van der Waals surface area contributed by atoms with Gasteiger partial charge >= 0.3 is 5.97 Å². The first-order valence-corrected chi connectivity index (χ1v) is 9.21. The van der Waals surface area contributed by atoms with Crippen LogP contribution < -0.4 is 15.5 Å². The van der Waals surface area contributed by atoms with Crippen LogP contribution >= 0.6 is 0 Å². The van der Waals surface area contributed by atoms with Crippen LogP contribution in [0.15, 0.2) is 47.4 Å². The van der Waals surface area contributed by atoms with Crippen LogP contribution in [0.3, 0.4) is 0 Å². The fourth-order valence-electron chi connectivity index (χ4n) is 2.86. The third-order valence-electron chi connectivity index (χ3n) is 4.36. The van der Waals surface area contributed by atoms with Gasteiger partial charge in [-0.2, -0.15) is 0 Å². The van der Waals surface area contributed by atoms with E-state index >= 15 is 0 Å². The Kier molecular flexibility index (Phi) is 5.97. The molecule has 2 aromatic carbocycles. The van der Waals surface area contributed by atoms with Crippen LogP contribution in [0.1, 0.15) is 28.4 Å². The molecule has 150 valence electrons. The summed E-state index contributed by atoms with van der Waals surface area (Å²) >= 11 is 0. The van der Waals surface area contributed by atoms with Crippen molar-refractivity contribution in [2.45, 2.75) is 20.8 Å². The number of ether oxygens (including phenoxy) is 2. The quantitative estimate of drug-likeness (QED) is 0.625. The van der Waals surface area contributed by atoms with Crippen molar-refractivity contribution in [1.82, 2.24) is 4.98 Å². The number of hydrogen-bond acceptors (Lipinski definition) is 5. The molecule has 0 saturated carbocycles. The lowest BCUT2D eigenvalue weighted by atomic mass is 10.1. The van der Waals surface area contributed by atoms with E-state index in [0.717, 1.165) is 11.1 Å². The molecule has 7 heteroatoms. The molecule has 7 nitrogen and oxygen atoms in total. The van der Waals surface area contributed by atoms with Crippen LogP contribution in [0.2, 0.25) is 0 Å². The van der Waals surface area contributed by atoms with Crippen LogP contribution in [0, 0.1) is 13.8 Å². The Bertz CT molecular complexity index is 1130. The summed E-state index contributed by atoms with van der Waals surface area (Å²) in [5.74, 6) is -0.399. The molecular weight excluding hydrogens is 372 g/mol. The highest BCUT2D eigenvalue weighted by atomic mass is 16.5. The largest absolute Gasteiger partial charge is 0.483 e. The summed E-state index contributed by atoms with van der Waals surface area (Å²) in [5, 5.41) is 2.99. The molecule has 3 rings (SSSR count). The van der Waals surface area contributed by atoms with Gasteiger partial charge in [0.1, 0.15) is 11.3 Å². The number of nitrogens with one attached hydrogen (secondary N) is 2. The number of aromatic nitrogens is 1. The highest BCUT2D eigenvalue weighted by molar-refractivity contribution is 5.97. The summed E-state index contributed by atoms with van der Waals surface area (Å²) in [4.78, 5) is 39.7. The molecule has 0 aliphatic rings. The van der Waals surface area contributed by atoms with Crippen LogP contribution in [-0.2, 0) is 9.53 Å². The fraction of sp³-hybridized carbons (Fsp3) is 0.227. The SMILES string of the molecule is CCOC(=O)c1c[nH]c2ccc(NC(=O)COc3cc(C)ccc3C)cc2c1=O. The lowest BCUT2D eigenvalue weighted by Gasteiger charge is -2.11. The summed E-state index contributed by atoms with van der Waals surface area (Å²) in [5.41, 5.74) is 2.41. The molecule has 0 aliphatic carbocycles. The van der Waals surface area contributed by atoms with E-state index in [2.05, 4.69) is 10.3 Å². The normalized spacial score (nSPS) is 10.6. The molecule has 0 atom stereocenters. The van der Waals surface area contributed by atoms with Gasteiger partial charge in [-0.25, -0.2) is 4.79 Å². The Labute approximate surface area is 167 Å². The van der Waals surface area contributed by atoms with E-state index in [9.17, 15) is 14.4 Å². The van der Waals surface area contributed by atoms with Gasteiger partial charge in [0, 0.05) is 22.8 Å². The van der Waals surface area contributed by atoms with Gasteiger partial charge < -0.3 is 19.8 Å². The summed E-state index contributed by atoms with van der Waals surface area (Å²) in [6.45, 7) is 5.53. The zero-order valence-electron chi connectivity index (χ0n) is 16.5. The smallest absolute Gasteiger partial charge is 0.343 e. The number of fused-ring (bicyclic) bond motifs is 1. The van der Waals surface area contributed by atoms with Crippen LogP contribution in [0.25, 0.3) is 10.9 Å². The zero-order chi connectivity index (χ0) is 21.0.